The van der Waals surface area contributed by atoms with Crippen LogP contribution in [0.4, 0.5) is 5.69 Å². The fourth-order valence-corrected chi connectivity index (χ4v) is 3.47. The van der Waals surface area contributed by atoms with Crippen LogP contribution in [-0.4, -0.2) is 27.3 Å². The molecule has 0 saturated heterocycles. The fraction of sp³-hybridized carbons (Fsp3) is 0.615. The number of aryl methyl sites for hydroxylation is 1. The van der Waals surface area contributed by atoms with E-state index < -0.39 is 4.92 Å². The molecule has 0 bridgehead atoms. The van der Waals surface area contributed by atoms with E-state index in [2.05, 4.69) is 21.2 Å². The first kappa shape index (κ1) is 15.0. The number of hydrogen-bond donors (Lipinski definition) is 1. The number of halogens is 1. The van der Waals surface area contributed by atoms with E-state index in [-0.39, 0.29) is 17.0 Å². The van der Waals surface area contributed by atoms with Gasteiger partial charge in [-0.2, -0.15) is 0 Å². The monoisotopic (exact) mass is 343 g/mol. The van der Waals surface area contributed by atoms with Gasteiger partial charge in [0.25, 0.3) is 11.6 Å². The first-order chi connectivity index (χ1) is 9.47. The molecule has 0 unspecified atom stereocenters. The summed E-state index contributed by atoms with van der Waals surface area (Å²) in [6.45, 7) is 0.607. The van der Waals surface area contributed by atoms with Crippen LogP contribution in [0.3, 0.4) is 0 Å². The Balaban J connectivity index is 2.03. The third kappa shape index (κ3) is 3.03. The van der Waals surface area contributed by atoms with Crippen LogP contribution < -0.4 is 5.32 Å². The molecule has 1 saturated carbocycles. The molecule has 2 rings (SSSR count). The zero-order valence-corrected chi connectivity index (χ0v) is 13.0. The number of rotatable bonds is 5. The highest BCUT2D eigenvalue weighted by Gasteiger charge is 2.33. The molecule has 0 spiro atoms. The molecule has 20 heavy (non-hydrogen) atoms. The topological polar surface area (TPSA) is 77.2 Å². The zero-order valence-electron chi connectivity index (χ0n) is 11.4. The van der Waals surface area contributed by atoms with Gasteiger partial charge in [-0.05, 0) is 18.3 Å². The van der Waals surface area contributed by atoms with Crippen LogP contribution in [0.1, 0.15) is 36.2 Å². The van der Waals surface area contributed by atoms with Crippen molar-refractivity contribution in [2.75, 3.05) is 11.9 Å². The molecule has 1 N–H and O–H groups in total. The lowest BCUT2D eigenvalue weighted by molar-refractivity contribution is -0.384. The van der Waals surface area contributed by atoms with E-state index in [4.69, 9.17) is 0 Å². The van der Waals surface area contributed by atoms with Gasteiger partial charge in [0, 0.05) is 25.0 Å². The largest absolute Gasteiger partial charge is 0.350 e. The molecule has 6 nitrogen and oxygen atoms in total. The Morgan fingerprint density at radius 1 is 1.55 bits per heavy atom. The SMILES string of the molecule is Cn1cc([N+](=O)[O-])cc1C(=O)NCC1(CBr)CCCC1. The number of amides is 1. The van der Waals surface area contributed by atoms with E-state index in [0.29, 0.717) is 12.2 Å². The molecule has 0 atom stereocenters. The van der Waals surface area contributed by atoms with E-state index in [0.717, 1.165) is 18.2 Å². The molecular weight excluding hydrogens is 326 g/mol. The summed E-state index contributed by atoms with van der Waals surface area (Å²) in [5, 5.41) is 14.5. The second kappa shape index (κ2) is 5.95. The molecule has 1 aliphatic carbocycles. The predicted molar refractivity (Wildman–Crippen MR) is 79.1 cm³/mol. The summed E-state index contributed by atoms with van der Waals surface area (Å²) in [5.41, 5.74) is 0.389. The molecular formula is C13H18BrN3O3. The smallest absolute Gasteiger partial charge is 0.287 e. The van der Waals surface area contributed by atoms with Gasteiger partial charge in [-0.15, -0.1) is 0 Å². The number of alkyl halides is 1. The lowest BCUT2D eigenvalue weighted by Gasteiger charge is -2.26. The summed E-state index contributed by atoms with van der Waals surface area (Å²) in [5.74, 6) is -0.257. The van der Waals surface area contributed by atoms with Gasteiger partial charge in [0.1, 0.15) is 5.69 Å². The molecule has 0 aromatic carbocycles. The molecule has 1 aromatic rings. The van der Waals surface area contributed by atoms with E-state index in [1.54, 1.807) is 7.05 Å². The van der Waals surface area contributed by atoms with Crippen LogP contribution in [0.2, 0.25) is 0 Å². The van der Waals surface area contributed by atoms with Crippen molar-refractivity contribution in [3.05, 3.63) is 28.1 Å². The van der Waals surface area contributed by atoms with Gasteiger partial charge in [-0.25, -0.2) is 0 Å². The Kier molecular flexibility index (Phi) is 4.47. The summed E-state index contributed by atoms with van der Waals surface area (Å²) in [7, 11) is 1.64. The number of carbonyl (C=O) groups is 1. The van der Waals surface area contributed by atoms with E-state index in [9.17, 15) is 14.9 Å². The second-order valence-electron chi connectivity index (χ2n) is 5.47. The highest BCUT2D eigenvalue weighted by atomic mass is 79.9. The summed E-state index contributed by atoms with van der Waals surface area (Å²) in [6.07, 6.45) is 5.94. The number of hydrogen-bond acceptors (Lipinski definition) is 3. The molecule has 1 aromatic heterocycles. The minimum absolute atomic E-state index is 0.0614. The normalized spacial score (nSPS) is 17.1. The Morgan fingerprint density at radius 2 is 2.20 bits per heavy atom. The Labute approximate surface area is 125 Å². The summed E-state index contributed by atoms with van der Waals surface area (Å²) < 4.78 is 1.49. The number of nitrogens with zero attached hydrogens (tertiary/aromatic N) is 2. The average Bonchev–Trinajstić information content (AvgIpc) is 3.03. The highest BCUT2D eigenvalue weighted by molar-refractivity contribution is 9.09. The number of nitrogens with one attached hydrogen (secondary N) is 1. The number of aromatic nitrogens is 1. The lowest BCUT2D eigenvalue weighted by atomic mass is 9.89. The zero-order chi connectivity index (χ0) is 14.8. The average molecular weight is 344 g/mol. The van der Waals surface area contributed by atoms with E-state index in [1.807, 2.05) is 0 Å². The molecule has 0 aliphatic heterocycles. The van der Waals surface area contributed by atoms with Gasteiger partial charge >= 0.3 is 0 Å². The Morgan fingerprint density at radius 3 is 2.70 bits per heavy atom. The van der Waals surface area contributed by atoms with Crippen molar-refractivity contribution in [1.82, 2.24) is 9.88 Å². The maximum Gasteiger partial charge on any atom is 0.287 e. The third-order valence-electron chi connectivity index (χ3n) is 4.01. The van der Waals surface area contributed by atoms with Crippen molar-refractivity contribution in [2.45, 2.75) is 25.7 Å². The van der Waals surface area contributed by atoms with Crippen LogP contribution in [0, 0.1) is 15.5 Å². The predicted octanol–water partition coefficient (Wildman–Crippen LogP) is 2.62. The molecule has 7 heteroatoms. The van der Waals surface area contributed by atoms with Gasteiger partial charge in [0.2, 0.25) is 0 Å². The summed E-state index contributed by atoms with van der Waals surface area (Å²) in [4.78, 5) is 22.4. The summed E-state index contributed by atoms with van der Waals surface area (Å²) in [6, 6.07) is 1.31. The maximum atomic E-state index is 12.1. The fourth-order valence-electron chi connectivity index (χ4n) is 2.71. The van der Waals surface area contributed by atoms with Gasteiger partial charge in [-0.1, -0.05) is 28.8 Å². The molecule has 110 valence electrons. The van der Waals surface area contributed by atoms with E-state index in [1.165, 1.54) is 29.7 Å². The Bertz CT molecular complexity index is 521. The van der Waals surface area contributed by atoms with Crippen LogP contribution in [0.15, 0.2) is 12.3 Å². The van der Waals surface area contributed by atoms with Gasteiger partial charge < -0.3 is 9.88 Å². The third-order valence-corrected chi connectivity index (χ3v) is 5.20. The van der Waals surface area contributed by atoms with Crippen LogP contribution in [0.5, 0.6) is 0 Å². The number of carbonyl (C=O) groups excluding carboxylic acids is 1. The molecule has 1 fully saturated rings. The van der Waals surface area contributed by atoms with Crippen molar-refractivity contribution in [1.29, 1.82) is 0 Å². The maximum absolute atomic E-state index is 12.1. The molecule has 1 amide bonds. The van der Waals surface area contributed by atoms with Crippen molar-refractivity contribution < 1.29 is 9.72 Å². The van der Waals surface area contributed by atoms with Crippen LogP contribution in [0.25, 0.3) is 0 Å². The van der Waals surface area contributed by atoms with Crippen molar-refractivity contribution in [3.8, 4) is 0 Å². The quantitative estimate of drug-likeness (QED) is 0.507. The standard InChI is InChI=1S/C13H18BrN3O3/c1-16-7-10(17(19)20)6-11(16)12(18)15-9-13(8-14)4-2-3-5-13/h6-7H,2-5,8-9H2,1H3,(H,15,18). The van der Waals surface area contributed by atoms with Crippen molar-refractivity contribution in [3.63, 3.8) is 0 Å². The Hall–Kier alpha value is -1.37. The lowest BCUT2D eigenvalue weighted by Crippen LogP contribution is -2.37. The molecule has 1 aliphatic rings. The minimum Gasteiger partial charge on any atom is -0.350 e. The minimum atomic E-state index is -0.492. The van der Waals surface area contributed by atoms with Crippen molar-refractivity contribution >= 4 is 27.5 Å². The second-order valence-corrected chi connectivity index (χ2v) is 6.04. The first-order valence-corrected chi connectivity index (χ1v) is 7.74. The van der Waals surface area contributed by atoms with Crippen LogP contribution >= 0.6 is 15.9 Å². The van der Waals surface area contributed by atoms with Gasteiger partial charge in [0.15, 0.2) is 0 Å². The van der Waals surface area contributed by atoms with Gasteiger partial charge in [0.05, 0.1) is 11.1 Å². The summed E-state index contributed by atoms with van der Waals surface area (Å²) >= 11 is 3.53. The molecule has 1 heterocycles. The molecule has 0 radical (unpaired) electrons. The van der Waals surface area contributed by atoms with Crippen molar-refractivity contribution in [2.24, 2.45) is 12.5 Å². The van der Waals surface area contributed by atoms with E-state index >= 15 is 0 Å². The first-order valence-electron chi connectivity index (χ1n) is 6.62. The number of nitro groups is 1. The highest BCUT2D eigenvalue weighted by Crippen LogP contribution is 2.39. The van der Waals surface area contributed by atoms with Crippen LogP contribution in [-0.2, 0) is 7.05 Å². The van der Waals surface area contributed by atoms with Gasteiger partial charge in [-0.3, -0.25) is 14.9 Å².